The van der Waals surface area contributed by atoms with Crippen LogP contribution >= 0.6 is 0 Å². The first kappa shape index (κ1) is 16.5. The van der Waals surface area contributed by atoms with E-state index in [0.29, 0.717) is 44.0 Å². The summed E-state index contributed by atoms with van der Waals surface area (Å²) >= 11 is 0. The summed E-state index contributed by atoms with van der Waals surface area (Å²) in [5.41, 5.74) is 1.43. The Morgan fingerprint density at radius 2 is 2.32 bits per heavy atom. The molecule has 0 aliphatic carbocycles. The number of nitrogens with one attached hydrogen (secondary N) is 1. The average Bonchev–Trinajstić information content (AvgIpc) is 2.52. The topological polar surface area (TPSA) is 60.0 Å². The van der Waals surface area contributed by atoms with E-state index in [-0.39, 0.29) is 18.6 Å². The third-order valence-corrected chi connectivity index (χ3v) is 3.40. The minimum absolute atomic E-state index is 0.164. The van der Waals surface area contributed by atoms with Crippen LogP contribution in [0.25, 0.3) is 0 Å². The molecule has 1 aliphatic heterocycles. The van der Waals surface area contributed by atoms with E-state index in [9.17, 15) is 9.18 Å². The van der Waals surface area contributed by atoms with Crippen molar-refractivity contribution in [2.75, 3.05) is 40.6 Å². The molecule has 6 nitrogen and oxygen atoms in total. The number of nitrogens with zero attached hydrogens (tertiary/aromatic N) is 1. The molecular formula is C15H21FN2O4. The van der Waals surface area contributed by atoms with Crippen LogP contribution in [0.3, 0.4) is 0 Å². The van der Waals surface area contributed by atoms with Gasteiger partial charge in [-0.15, -0.1) is 0 Å². The minimum Gasteiger partial charge on any atom is -0.467 e. The van der Waals surface area contributed by atoms with Crippen molar-refractivity contribution in [3.05, 3.63) is 29.1 Å². The highest BCUT2D eigenvalue weighted by molar-refractivity contribution is 5.73. The zero-order valence-corrected chi connectivity index (χ0v) is 12.9. The minimum atomic E-state index is -0.327. The van der Waals surface area contributed by atoms with Crippen LogP contribution in [-0.4, -0.2) is 51.6 Å². The zero-order chi connectivity index (χ0) is 15.9. The van der Waals surface area contributed by atoms with Crippen LogP contribution in [0, 0.1) is 5.82 Å². The molecule has 0 fully saturated rings. The number of rotatable bonds is 6. The van der Waals surface area contributed by atoms with E-state index >= 15 is 0 Å². The van der Waals surface area contributed by atoms with E-state index < -0.39 is 0 Å². The van der Waals surface area contributed by atoms with Crippen LogP contribution < -0.4 is 10.1 Å². The molecule has 0 atom stereocenters. The number of likely N-dealkylation sites (N-methyl/N-ethyl adjacent to an activating group) is 1. The van der Waals surface area contributed by atoms with Gasteiger partial charge in [-0.3, -0.25) is 0 Å². The molecule has 0 saturated carbocycles. The average molecular weight is 312 g/mol. The van der Waals surface area contributed by atoms with E-state index in [4.69, 9.17) is 14.2 Å². The van der Waals surface area contributed by atoms with E-state index in [1.165, 1.54) is 17.0 Å². The van der Waals surface area contributed by atoms with Gasteiger partial charge in [0.2, 0.25) is 0 Å². The number of benzene rings is 1. The van der Waals surface area contributed by atoms with Gasteiger partial charge in [0.05, 0.1) is 13.2 Å². The van der Waals surface area contributed by atoms with Gasteiger partial charge in [0, 0.05) is 32.8 Å². The summed E-state index contributed by atoms with van der Waals surface area (Å²) in [6, 6.07) is 2.66. The second-order valence-electron chi connectivity index (χ2n) is 5.06. The number of hydrogen-bond acceptors (Lipinski definition) is 4. The monoisotopic (exact) mass is 312 g/mol. The molecule has 0 aromatic heterocycles. The lowest BCUT2D eigenvalue weighted by Gasteiger charge is -2.21. The first-order valence-corrected chi connectivity index (χ1v) is 7.11. The van der Waals surface area contributed by atoms with Crippen LogP contribution in [-0.2, 0) is 22.5 Å². The Bertz CT molecular complexity index is 525. The quantitative estimate of drug-likeness (QED) is 0.865. The molecule has 2 rings (SSSR count). The predicted octanol–water partition coefficient (Wildman–Crippen LogP) is 1.52. The fourth-order valence-electron chi connectivity index (χ4n) is 2.21. The van der Waals surface area contributed by atoms with Crippen molar-refractivity contribution in [3.63, 3.8) is 0 Å². The number of amides is 2. The summed E-state index contributed by atoms with van der Waals surface area (Å²) in [7, 11) is 3.28. The SMILES string of the molecule is COCCN(C)C(=O)NCCc1cc(F)cc2c1OCOC2. The van der Waals surface area contributed by atoms with Crippen molar-refractivity contribution >= 4 is 6.03 Å². The molecule has 7 heteroatoms. The van der Waals surface area contributed by atoms with Crippen LogP contribution in [0.1, 0.15) is 11.1 Å². The summed E-state index contributed by atoms with van der Waals surface area (Å²) in [4.78, 5) is 13.4. The van der Waals surface area contributed by atoms with E-state index in [1.54, 1.807) is 14.2 Å². The van der Waals surface area contributed by atoms with Crippen molar-refractivity contribution < 1.29 is 23.4 Å². The second kappa shape index (κ2) is 7.95. The Kier molecular flexibility index (Phi) is 5.97. The molecule has 0 saturated heterocycles. The highest BCUT2D eigenvalue weighted by atomic mass is 19.1. The summed E-state index contributed by atoms with van der Waals surface area (Å²) in [6.07, 6.45) is 0.490. The molecule has 122 valence electrons. The molecule has 1 N–H and O–H groups in total. The molecule has 1 aliphatic rings. The van der Waals surface area contributed by atoms with Gasteiger partial charge in [0.1, 0.15) is 11.6 Å². The molecule has 1 aromatic rings. The Labute approximate surface area is 129 Å². The lowest BCUT2D eigenvalue weighted by molar-refractivity contribution is -0.0172. The summed E-state index contributed by atoms with van der Waals surface area (Å²) in [5.74, 6) is 0.334. The molecule has 1 heterocycles. The normalized spacial score (nSPS) is 13.2. The second-order valence-corrected chi connectivity index (χ2v) is 5.06. The summed E-state index contributed by atoms with van der Waals surface area (Å²) in [5, 5.41) is 2.79. The smallest absolute Gasteiger partial charge is 0.317 e. The molecule has 0 spiro atoms. The molecule has 0 bridgehead atoms. The van der Waals surface area contributed by atoms with Gasteiger partial charge in [0.15, 0.2) is 6.79 Å². The maximum absolute atomic E-state index is 13.6. The Hall–Kier alpha value is -1.86. The first-order valence-electron chi connectivity index (χ1n) is 7.11. The van der Waals surface area contributed by atoms with Crippen LogP contribution in [0.15, 0.2) is 12.1 Å². The molecular weight excluding hydrogens is 291 g/mol. The maximum Gasteiger partial charge on any atom is 0.317 e. The summed E-state index contributed by atoms with van der Waals surface area (Å²) < 4.78 is 29.1. The van der Waals surface area contributed by atoms with Gasteiger partial charge >= 0.3 is 6.03 Å². The summed E-state index contributed by atoms with van der Waals surface area (Å²) in [6.45, 7) is 1.90. The number of ether oxygens (including phenoxy) is 3. The Balaban J connectivity index is 1.89. The van der Waals surface area contributed by atoms with Crippen LogP contribution in [0.4, 0.5) is 9.18 Å². The maximum atomic E-state index is 13.6. The zero-order valence-electron chi connectivity index (χ0n) is 12.9. The largest absolute Gasteiger partial charge is 0.467 e. The highest BCUT2D eigenvalue weighted by Gasteiger charge is 2.17. The van der Waals surface area contributed by atoms with Crippen molar-refractivity contribution in [2.45, 2.75) is 13.0 Å². The fraction of sp³-hybridized carbons (Fsp3) is 0.533. The molecule has 0 unspecified atom stereocenters. The fourth-order valence-corrected chi connectivity index (χ4v) is 2.21. The third-order valence-electron chi connectivity index (χ3n) is 3.40. The van der Waals surface area contributed by atoms with Crippen molar-refractivity contribution in [1.82, 2.24) is 10.2 Å². The van der Waals surface area contributed by atoms with Gasteiger partial charge in [-0.1, -0.05) is 0 Å². The molecule has 0 radical (unpaired) electrons. The number of methoxy groups -OCH3 is 1. The number of carbonyl (C=O) groups is 1. The van der Waals surface area contributed by atoms with E-state index in [1.807, 2.05) is 0 Å². The van der Waals surface area contributed by atoms with E-state index in [0.717, 1.165) is 5.56 Å². The number of carbonyl (C=O) groups excluding carboxylic acids is 1. The lowest BCUT2D eigenvalue weighted by Crippen LogP contribution is -2.39. The van der Waals surface area contributed by atoms with Crippen LogP contribution in [0.2, 0.25) is 0 Å². The van der Waals surface area contributed by atoms with E-state index in [2.05, 4.69) is 5.32 Å². The lowest BCUT2D eigenvalue weighted by atomic mass is 10.1. The third kappa shape index (κ3) is 4.32. The standard InChI is InChI=1S/C15H21FN2O4/c1-18(5-6-20-2)15(19)17-4-3-11-7-13(16)8-12-9-21-10-22-14(11)12/h7-8H,3-6,9-10H2,1-2H3,(H,17,19). The van der Waals surface area contributed by atoms with Gasteiger partial charge in [-0.05, 0) is 24.1 Å². The van der Waals surface area contributed by atoms with Crippen molar-refractivity contribution in [2.24, 2.45) is 0 Å². The Morgan fingerprint density at radius 3 is 3.09 bits per heavy atom. The van der Waals surface area contributed by atoms with Gasteiger partial charge in [-0.25, -0.2) is 9.18 Å². The first-order chi connectivity index (χ1) is 10.6. The van der Waals surface area contributed by atoms with Gasteiger partial charge < -0.3 is 24.4 Å². The predicted molar refractivity (Wildman–Crippen MR) is 78.3 cm³/mol. The van der Waals surface area contributed by atoms with Gasteiger partial charge in [0.25, 0.3) is 0 Å². The number of fused-ring (bicyclic) bond motifs is 1. The van der Waals surface area contributed by atoms with Gasteiger partial charge in [-0.2, -0.15) is 0 Å². The molecule has 22 heavy (non-hydrogen) atoms. The highest BCUT2D eigenvalue weighted by Crippen LogP contribution is 2.29. The number of halogens is 1. The Morgan fingerprint density at radius 1 is 1.50 bits per heavy atom. The van der Waals surface area contributed by atoms with Crippen LogP contribution in [0.5, 0.6) is 5.75 Å². The van der Waals surface area contributed by atoms with Crippen molar-refractivity contribution in [1.29, 1.82) is 0 Å². The number of urea groups is 1. The number of hydrogen-bond donors (Lipinski definition) is 1. The molecule has 1 aromatic carbocycles. The van der Waals surface area contributed by atoms with Crippen molar-refractivity contribution in [3.8, 4) is 5.75 Å². The molecule has 2 amide bonds.